The first-order chi connectivity index (χ1) is 7.24. The second-order valence-electron chi connectivity index (χ2n) is 5.54. The van der Waals surface area contributed by atoms with E-state index in [1.807, 2.05) is 0 Å². The Morgan fingerprint density at radius 1 is 1.40 bits per heavy atom. The lowest BCUT2D eigenvalue weighted by Crippen LogP contribution is -2.40. The molecule has 0 aromatic carbocycles. The number of nitrogens with one attached hydrogen (secondary N) is 1. The van der Waals surface area contributed by atoms with Gasteiger partial charge in [0.15, 0.2) is 0 Å². The molecule has 1 N–H and O–H groups in total. The van der Waals surface area contributed by atoms with Crippen molar-refractivity contribution in [1.82, 2.24) is 10.2 Å². The number of carbonyl (C=O) groups excluding carboxylic acids is 1. The highest BCUT2D eigenvalue weighted by Crippen LogP contribution is 2.38. The van der Waals surface area contributed by atoms with Crippen molar-refractivity contribution in [3.8, 4) is 0 Å². The fourth-order valence-corrected chi connectivity index (χ4v) is 2.55. The standard InChI is InChI=1S/C12H20N2O/c1-8-6-9(8)7-14-5-4-11(12(14)15)13-10-2-3-10/h8-11,13H,2-7H2,1H3. The van der Waals surface area contributed by atoms with Crippen LogP contribution in [0.5, 0.6) is 0 Å². The predicted octanol–water partition coefficient (Wildman–Crippen LogP) is 0.995. The Balaban J connectivity index is 1.51. The van der Waals surface area contributed by atoms with Gasteiger partial charge >= 0.3 is 0 Å². The summed E-state index contributed by atoms with van der Waals surface area (Å²) in [4.78, 5) is 14.1. The van der Waals surface area contributed by atoms with E-state index in [1.165, 1.54) is 19.3 Å². The van der Waals surface area contributed by atoms with Crippen molar-refractivity contribution < 1.29 is 4.79 Å². The Morgan fingerprint density at radius 3 is 2.73 bits per heavy atom. The molecule has 3 atom stereocenters. The zero-order valence-corrected chi connectivity index (χ0v) is 9.41. The van der Waals surface area contributed by atoms with Gasteiger partial charge in [-0.25, -0.2) is 0 Å². The molecule has 1 aliphatic heterocycles. The van der Waals surface area contributed by atoms with Gasteiger partial charge in [0.25, 0.3) is 0 Å². The van der Waals surface area contributed by atoms with E-state index in [0.717, 1.165) is 31.3 Å². The van der Waals surface area contributed by atoms with Crippen molar-refractivity contribution in [2.45, 2.75) is 44.7 Å². The molecule has 3 fully saturated rings. The van der Waals surface area contributed by atoms with E-state index >= 15 is 0 Å². The highest BCUT2D eigenvalue weighted by atomic mass is 16.2. The average Bonchev–Trinajstić information content (AvgIpc) is 3.08. The highest BCUT2D eigenvalue weighted by Gasteiger charge is 2.40. The fourth-order valence-electron chi connectivity index (χ4n) is 2.55. The van der Waals surface area contributed by atoms with Crippen LogP contribution in [0.3, 0.4) is 0 Å². The molecule has 0 radical (unpaired) electrons. The number of likely N-dealkylation sites (tertiary alicyclic amines) is 1. The van der Waals surface area contributed by atoms with Crippen LogP contribution in [0.2, 0.25) is 0 Å². The van der Waals surface area contributed by atoms with E-state index in [9.17, 15) is 4.79 Å². The van der Waals surface area contributed by atoms with Crippen molar-refractivity contribution in [2.24, 2.45) is 11.8 Å². The van der Waals surface area contributed by atoms with E-state index < -0.39 is 0 Å². The molecular weight excluding hydrogens is 188 g/mol. The molecular formula is C12H20N2O. The molecule has 0 bridgehead atoms. The van der Waals surface area contributed by atoms with Gasteiger partial charge in [-0.2, -0.15) is 0 Å². The summed E-state index contributed by atoms with van der Waals surface area (Å²) in [6.07, 6.45) is 4.88. The maximum atomic E-state index is 12.0. The molecule has 3 heteroatoms. The molecule has 1 heterocycles. The molecule has 1 saturated heterocycles. The fraction of sp³-hybridized carbons (Fsp3) is 0.917. The summed E-state index contributed by atoms with van der Waals surface area (Å²) in [5, 5.41) is 3.45. The first kappa shape index (κ1) is 9.64. The molecule has 3 aliphatic rings. The SMILES string of the molecule is CC1CC1CN1CCC(NC2CC2)C1=O. The second kappa shape index (κ2) is 3.48. The molecule has 3 nitrogen and oxygen atoms in total. The number of amides is 1. The Kier molecular flexibility index (Phi) is 2.23. The molecule has 15 heavy (non-hydrogen) atoms. The summed E-state index contributed by atoms with van der Waals surface area (Å²) in [5.74, 6) is 2.02. The minimum Gasteiger partial charge on any atom is -0.341 e. The number of hydrogen-bond donors (Lipinski definition) is 1. The topological polar surface area (TPSA) is 32.3 Å². The number of rotatable bonds is 4. The third-order valence-corrected chi connectivity index (χ3v) is 4.04. The zero-order valence-electron chi connectivity index (χ0n) is 9.41. The van der Waals surface area contributed by atoms with E-state index in [0.29, 0.717) is 11.9 Å². The summed E-state index contributed by atoms with van der Waals surface area (Å²) in [5.41, 5.74) is 0. The van der Waals surface area contributed by atoms with Crippen molar-refractivity contribution in [1.29, 1.82) is 0 Å². The van der Waals surface area contributed by atoms with Gasteiger partial charge in [-0.05, 0) is 37.5 Å². The maximum absolute atomic E-state index is 12.0. The van der Waals surface area contributed by atoms with Crippen LogP contribution in [0.25, 0.3) is 0 Å². The molecule has 3 unspecified atom stereocenters. The molecule has 1 amide bonds. The number of hydrogen-bond acceptors (Lipinski definition) is 2. The van der Waals surface area contributed by atoms with Crippen LogP contribution in [-0.2, 0) is 4.79 Å². The van der Waals surface area contributed by atoms with Crippen molar-refractivity contribution >= 4 is 5.91 Å². The van der Waals surface area contributed by atoms with E-state index in [1.54, 1.807) is 0 Å². The van der Waals surface area contributed by atoms with Crippen LogP contribution in [0.1, 0.15) is 32.6 Å². The van der Waals surface area contributed by atoms with Gasteiger partial charge in [-0.15, -0.1) is 0 Å². The molecule has 84 valence electrons. The van der Waals surface area contributed by atoms with Crippen LogP contribution in [0.15, 0.2) is 0 Å². The Labute approximate surface area is 91.2 Å². The molecule has 0 aromatic heterocycles. The summed E-state index contributed by atoms with van der Waals surface area (Å²) in [7, 11) is 0. The van der Waals surface area contributed by atoms with E-state index in [-0.39, 0.29) is 6.04 Å². The largest absolute Gasteiger partial charge is 0.341 e. The minimum absolute atomic E-state index is 0.145. The lowest BCUT2D eigenvalue weighted by Gasteiger charge is -2.16. The van der Waals surface area contributed by atoms with Gasteiger partial charge in [0.1, 0.15) is 0 Å². The third-order valence-electron chi connectivity index (χ3n) is 4.04. The van der Waals surface area contributed by atoms with Gasteiger partial charge < -0.3 is 10.2 Å². The van der Waals surface area contributed by atoms with E-state index in [4.69, 9.17) is 0 Å². The summed E-state index contributed by atoms with van der Waals surface area (Å²) in [6.45, 7) is 4.28. The number of carbonyl (C=O) groups is 1. The number of nitrogens with zero attached hydrogens (tertiary/aromatic N) is 1. The van der Waals surface area contributed by atoms with Crippen molar-refractivity contribution in [2.75, 3.05) is 13.1 Å². The van der Waals surface area contributed by atoms with Crippen LogP contribution >= 0.6 is 0 Å². The predicted molar refractivity (Wildman–Crippen MR) is 58.4 cm³/mol. The zero-order chi connectivity index (χ0) is 10.4. The molecule has 2 aliphatic carbocycles. The lowest BCUT2D eigenvalue weighted by atomic mass is 10.2. The Morgan fingerprint density at radius 2 is 2.13 bits per heavy atom. The molecule has 2 saturated carbocycles. The van der Waals surface area contributed by atoms with Gasteiger partial charge in [-0.3, -0.25) is 4.79 Å². The molecule has 0 aromatic rings. The van der Waals surface area contributed by atoms with Crippen molar-refractivity contribution in [3.05, 3.63) is 0 Å². The Bertz CT molecular complexity index is 275. The molecule has 0 spiro atoms. The van der Waals surface area contributed by atoms with Crippen LogP contribution in [-0.4, -0.2) is 36.0 Å². The first-order valence-corrected chi connectivity index (χ1v) is 6.29. The summed E-state index contributed by atoms with van der Waals surface area (Å²) < 4.78 is 0. The summed E-state index contributed by atoms with van der Waals surface area (Å²) in [6, 6.07) is 0.797. The minimum atomic E-state index is 0.145. The normalized spacial score (nSPS) is 39.9. The quantitative estimate of drug-likeness (QED) is 0.747. The van der Waals surface area contributed by atoms with Gasteiger partial charge in [0.05, 0.1) is 6.04 Å². The van der Waals surface area contributed by atoms with Crippen molar-refractivity contribution in [3.63, 3.8) is 0 Å². The highest BCUT2D eigenvalue weighted by molar-refractivity contribution is 5.84. The van der Waals surface area contributed by atoms with Gasteiger partial charge in [0.2, 0.25) is 5.91 Å². The molecule has 3 rings (SSSR count). The first-order valence-electron chi connectivity index (χ1n) is 6.29. The van der Waals surface area contributed by atoms with Crippen LogP contribution in [0.4, 0.5) is 0 Å². The van der Waals surface area contributed by atoms with Gasteiger partial charge in [0, 0.05) is 19.1 Å². The lowest BCUT2D eigenvalue weighted by molar-refractivity contribution is -0.129. The third kappa shape index (κ3) is 2.03. The maximum Gasteiger partial charge on any atom is 0.239 e. The van der Waals surface area contributed by atoms with Crippen LogP contribution < -0.4 is 5.32 Å². The monoisotopic (exact) mass is 208 g/mol. The Hall–Kier alpha value is -0.570. The smallest absolute Gasteiger partial charge is 0.239 e. The second-order valence-corrected chi connectivity index (χ2v) is 5.54. The van der Waals surface area contributed by atoms with E-state index in [2.05, 4.69) is 17.1 Å². The van der Waals surface area contributed by atoms with Crippen LogP contribution in [0, 0.1) is 11.8 Å². The van der Waals surface area contributed by atoms with Gasteiger partial charge in [-0.1, -0.05) is 6.92 Å². The summed E-state index contributed by atoms with van der Waals surface area (Å²) >= 11 is 0. The average molecular weight is 208 g/mol.